The molecule has 0 aliphatic rings. The summed E-state index contributed by atoms with van der Waals surface area (Å²) >= 11 is 6.02. The molecule has 0 heterocycles. The predicted molar refractivity (Wildman–Crippen MR) is 94.9 cm³/mol. The Kier molecular flexibility index (Phi) is 7.38. The van der Waals surface area contributed by atoms with Crippen molar-refractivity contribution >= 4 is 35.1 Å². The first-order valence-electron chi connectivity index (χ1n) is 7.65. The van der Waals surface area contributed by atoms with E-state index in [0.29, 0.717) is 12.1 Å². The second-order valence-corrected chi connectivity index (χ2v) is 7.21. The first kappa shape index (κ1) is 20.9. The van der Waals surface area contributed by atoms with Crippen LogP contribution in [0.15, 0.2) is 18.2 Å². The van der Waals surface area contributed by atoms with Crippen molar-refractivity contribution in [3.63, 3.8) is 0 Å². The van der Waals surface area contributed by atoms with Gasteiger partial charge in [0.05, 0.1) is 17.2 Å². The number of amides is 2. The van der Waals surface area contributed by atoms with Crippen LogP contribution in [0.1, 0.15) is 37.6 Å². The second-order valence-electron chi connectivity index (χ2n) is 6.80. The Labute approximate surface area is 151 Å². The van der Waals surface area contributed by atoms with Gasteiger partial charge in [-0.2, -0.15) is 0 Å². The molecule has 0 saturated carbocycles. The Morgan fingerprint density at radius 1 is 1.28 bits per heavy atom. The van der Waals surface area contributed by atoms with Crippen LogP contribution in [0.3, 0.4) is 0 Å². The van der Waals surface area contributed by atoms with Crippen LogP contribution in [0.5, 0.6) is 0 Å². The van der Waals surface area contributed by atoms with E-state index < -0.39 is 17.9 Å². The monoisotopic (exact) mass is 370 g/mol. The van der Waals surface area contributed by atoms with Gasteiger partial charge in [0, 0.05) is 19.2 Å². The van der Waals surface area contributed by atoms with E-state index in [0.717, 1.165) is 0 Å². The number of halogens is 1. The molecule has 1 atom stereocenters. The Hall–Kier alpha value is -2.12. The SMILES string of the molecule is COCC(NC(=O)c1cc(NC(=O)CC(C)(C)C)ccc1Cl)C(=O)O. The van der Waals surface area contributed by atoms with Gasteiger partial charge in [0.2, 0.25) is 5.91 Å². The largest absolute Gasteiger partial charge is 0.480 e. The number of carboxylic acids is 1. The predicted octanol–water partition coefficient (Wildman–Crippen LogP) is 2.54. The molecule has 0 aliphatic heterocycles. The number of carbonyl (C=O) groups is 3. The van der Waals surface area contributed by atoms with E-state index in [-0.39, 0.29) is 28.5 Å². The van der Waals surface area contributed by atoms with Crippen molar-refractivity contribution in [3.8, 4) is 0 Å². The summed E-state index contributed by atoms with van der Waals surface area (Å²) in [4.78, 5) is 35.4. The summed E-state index contributed by atoms with van der Waals surface area (Å²) in [5, 5.41) is 14.2. The molecule has 0 radical (unpaired) electrons. The number of anilines is 1. The topological polar surface area (TPSA) is 105 Å². The molecule has 0 aromatic heterocycles. The zero-order valence-corrected chi connectivity index (χ0v) is 15.4. The molecule has 2 amide bonds. The smallest absolute Gasteiger partial charge is 0.328 e. The van der Waals surface area contributed by atoms with Crippen LogP contribution in [0.2, 0.25) is 5.02 Å². The molecular formula is C17H23ClN2O5. The van der Waals surface area contributed by atoms with Crippen molar-refractivity contribution in [2.24, 2.45) is 5.41 Å². The zero-order chi connectivity index (χ0) is 19.2. The Bertz CT molecular complexity index is 655. The van der Waals surface area contributed by atoms with E-state index in [2.05, 4.69) is 10.6 Å². The lowest BCUT2D eigenvalue weighted by atomic mass is 9.92. The molecule has 0 saturated heterocycles. The summed E-state index contributed by atoms with van der Waals surface area (Å²) < 4.78 is 4.77. The minimum atomic E-state index is -1.22. The van der Waals surface area contributed by atoms with Gasteiger partial charge in [0.15, 0.2) is 6.04 Å². The molecule has 1 aromatic rings. The van der Waals surface area contributed by atoms with Crippen LogP contribution in [0.4, 0.5) is 5.69 Å². The Morgan fingerprint density at radius 3 is 2.44 bits per heavy atom. The Balaban J connectivity index is 2.91. The summed E-state index contributed by atoms with van der Waals surface area (Å²) in [6.07, 6.45) is 0.312. The normalized spacial score (nSPS) is 12.4. The molecule has 0 spiro atoms. The lowest BCUT2D eigenvalue weighted by Crippen LogP contribution is -2.43. The number of rotatable bonds is 7. The van der Waals surface area contributed by atoms with Crippen LogP contribution in [-0.4, -0.2) is 42.6 Å². The second kappa shape index (κ2) is 8.82. The number of carboxylic acid groups (broad SMARTS) is 1. The third-order valence-corrected chi connectivity index (χ3v) is 3.45. The zero-order valence-electron chi connectivity index (χ0n) is 14.7. The molecule has 138 valence electrons. The molecule has 1 rings (SSSR count). The first-order valence-corrected chi connectivity index (χ1v) is 8.03. The molecule has 25 heavy (non-hydrogen) atoms. The number of hydrogen-bond acceptors (Lipinski definition) is 4. The van der Waals surface area contributed by atoms with E-state index in [4.69, 9.17) is 21.4 Å². The van der Waals surface area contributed by atoms with Crippen LogP contribution in [-0.2, 0) is 14.3 Å². The van der Waals surface area contributed by atoms with Gasteiger partial charge in [-0.1, -0.05) is 32.4 Å². The minimum Gasteiger partial charge on any atom is -0.480 e. The van der Waals surface area contributed by atoms with Gasteiger partial charge >= 0.3 is 5.97 Å². The maximum Gasteiger partial charge on any atom is 0.328 e. The highest BCUT2D eigenvalue weighted by Gasteiger charge is 2.22. The van der Waals surface area contributed by atoms with Crippen LogP contribution in [0.25, 0.3) is 0 Å². The van der Waals surface area contributed by atoms with Crippen LogP contribution >= 0.6 is 11.6 Å². The molecular weight excluding hydrogens is 348 g/mol. The van der Waals surface area contributed by atoms with Crippen molar-refractivity contribution < 1.29 is 24.2 Å². The molecule has 8 heteroatoms. The standard InChI is InChI=1S/C17H23ClN2O5/c1-17(2,3)8-14(21)19-10-5-6-12(18)11(7-10)15(22)20-13(9-25-4)16(23)24/h5-7,13H,8-9H2,1-4H3,(H,19,21)(H,20,22)(H,23,24). The van der Waals surface area contributed by atoms with Gasteiger partial charge in [0.25, 0.3) is 5.91 Å². The molecule has 0 aliphatic carbocycles. The number of aliphatic carboxylic acids is 1. The van der Waals surface area contributed by atoms with Crippen molar-refractivity contribution in [1.82, 2.24) is 5.32 Å². The lowest BCUT2D eigenvalue weighted by molar-refractivity contribution is -0.140. The number of ether oxygens (including phenoxy) is 1. The van der Waals surface area contributed by atoms with Gasteiger partial charge in [-0.25, -0.2) is 4.79 Å². The molecule has 1 unspecified atom stereocenters. The van der Waals surface area contributed by atoms with Gasteiger partial charge < -0.3 is 20.5 Å². The van der Waals surface area contributed by atoms with E-state index in [1.54, 1.807) is 6.07 Å². The van der Waals surface area contributed by atoms with Crippen LogP contribution in [0, 0.1) is 5.41 Å². The fourth-order valence-electron chi connectivity index (χ4n) is 2.04. The minimum absolute atomic E-state index is 0.0672. The lowest BCUT2D eigenvalue weighted by Gasteiger charge is -2.18. The number of benzene rings is 1. The number of hydrogen-bond donors (Lipinski definition) is 3. The van der Waals surface area contributed by atoms with E-state index in [1.165, 1.54) is 19.2 Å². The van der Waals surface area contributed by atoms with Gasteiger partial charge in [0.1, 0.15) is 0 Å². The average molecular weight is 371 g/mol. The van der Waals surface area contributed by atoms with Crippen LogP contribution < -0.4 is 10.6 Å². The maximum absolute atomic E-state index is 12.3. The van der Waals surface area contributed by atoms with E-state index in [1.807, 2.05) is 20.8 Å². The quantitative estimate of drug-likeness (QED) is 0.684. The molecule has 3 N–H and O–H groups in total. The molecule has 1 aromatic carbocycles. The fourth-order valence-corrected chi connectivity index (χ4v) is 2.24. The first-order chi connectivity index (χ1) is 11.5. The van der Waals surface area contributed by atoms with Gasteiger partial charge in [-0.3, -0.25) is 9.59 Å². The summed E-state index contributed by atoms with van der Waals surface area (Å²) in [7, 11) is 1.33. The number of nitrogens with one attached hydrogen (secondary N) is 2. The highest BCUT2D eigenvalue weighted by atomic mass is 35.5. The summed E-state index contributed by atoms with van der Waals surface area (Å²) in [6, 6.07) is 3.25. The third-order valence-electron chi connectivity index (χ3n) is 3.12. The third kappa shape index (κ3) is 7.11. The molecule has 7 nitrogen and oxygen atoms in total. The molecule has 0 fully saturated rings. The highest BCUT2D eigenvalue weighted by molar-refractivity contribution is 6.34. The highest BCUT2D eigenvalue weighted by Crippen LogP contribution is 2.23. The number of carbonyl (C=O) groups excluding carboxylic acids is 2. The number of methoxy groups -OCH3 is 1. The van der Waals surface area contributed by atoms with E-state index in [9.17, 15) is 14.4 Å². The maximum atomic E-state index is 12.3. The Morgan fingerprint density at radius 2 is 1.92 bits per heavy atom. The molecule has 0 bridgehead atoms. The van der Waals surface area contributed by atoms with Gasteiger partial charge in [-0.15, -0.1) is 0 Å². The average Bonchev–Trinajstić information content (AvgIpc) is 2.46. The fraction of sp³-hybridized carbons (Fsp3) is 0.471. The van der Waals surface area contributed by atoms with Crippen molar-refractivity contribution in [2.75, 3.05) is 19.0 Å². The van der Waals surface area contributed by atoms with E-state index >= 15 is 0 Å². The summed E-state index contributed by atoms with van der Waals surface area (Å²) in [5.41, 5.74) is 0.297. The van der Waals surface area contributed by atoms with Crippen molar-refractivity contribution in [1.29, 1.82) is 0 Å². The van der Waals surface area contributed by atoms with Gasteiger partial charge in [-0.05, 0) is 23.6 Å². The van der Waals surface area contributed by atoms with Crippen molar-refractivity contribution in [3.05, 3.63) is 28.8 Å². The summed E-state index contributed by atoms with van der Waals surface area (Å²) in [5.74, 6) is -2.08. The van der Waals surface area contributed by atoms with Crippen molar-refractivity contribution in [2.45, 2.75) is 33.2 Å². The summed E-state index contributed by atoms with van der Waals surface area (Å²) in [6.45, 7) is 5.64.